The summed E-state index contributed by atoms with van der Waals surface area (Å²) in [6.45, 7) is 4.38. The molecule has 1 aliphatic rings. The molecular formula is C22H24N3O2+. The smallest absolute Gasteiger partial charge is 0.260 e. The zero-order valence-electron chi connectivity index (χ0n) is 15.5. The Hall–Kier alpha value is -3.08. The number of aromatic nitrogens is 2. The number of nitrogens with one attached hydrogen (secondary N) is 1. The van der Waals surface area contributed by atoms with Crippen LogP contribution in [0.25, 0.3) is 11.3 Å². The van der Waals surface area contributed by atoms with Gasteiger partial charge in [0.25, 0.3) is 5.91 Å². The van der Waals surface area contributed by atoms with E-state index in [9.17, 15) is 4.79 Å². The summed E-state index contributed by atoms with van der Waals surface area (Å²) in [4.78, 5) is 14.6. The zero-order valence-corrected chi connectivity index (χ0v) is 15.5. The lowest BCUT2D eigenvalue weighted by molar-refractivity contribution is -0.737. The molecule has 5 nitrogen and oxygen atoms in total. The number of nitrogens with zero attached hydrogens (tertiary/aromatic N) is 2. The Bertz CT molecular complexity index is 919. The number of hydrogen-bond acceptors (Lipinski definition) is 2. The first kappa shape index (κ1) is 17.3. The summed E-state index contributed by atoms with van der Waals surface area (Å²) in [5.41, 5.74) is 4.78. The van der Waals surface area contributed by atoms with Gasteiger partial charge in [-0.25, -0.2) is 0 Å². The topological polar surface area (TPSA) is 49.2 Å². The molecule has 0 saturated heterocycles. The molecule has 4 rings (SSSR count). The summed E-state index contributed by atoms with van der Waals surface area (Å²) >= 11 is 0. The quantitative estimate of drug-likeness (QED) is 0.710. The number of aryl methyl sites for hydroxylation is 1. The second-order valence-electron chi connectivity index (χ2n) is 6.69. The Labute approximate surface area is 159 Å². The lowest BCUT2D eigenvalue weighted by Crippen LogP contribution is -2.38. The molecule has 2 heterocycles. The van der Waals surface area contributed by atoms with Crippen molar-refractivity contribution in [2.45, 2.75) is 26.4 Å². The molecule has 0 unspecified atom stereocenters. The van der Waals surface area contributed by atoms with E-state index in [-0.39, 0.29) is 12.5 Å². The van der Waals surface area contributed by atoms with E-state index in [1.54, 1.807) is 0 Å². The van der Waals surface area contributed by atoms with E-state index in [2.05, 4.69) is 28.8 Å². The summed E-state index contributed by atoms with van der Waals surface area (Å²) in [7, 11) is 0. The molecule has 2 aromatic carbocycles. The third-order valence-electron chi connectivity index (χ3n) is 4.99. The molecule has 0 radical (unpaired) electrons. The van der Waals surface area contributed by atoms with Crippen molar-refractivity contribution in [2.24, 2.45) is 0 Å². The highest BCUT2D eigenvalue weighted by atomic mass is 16.5. The van der Waals surface area contributed by atoms with Crippen LogP contribution < -0.4 is 9.42 Å². The fraction of sp³-hybridized carbons (Fsp3) is 0.273. The van der Waals surface area contributed by atoms with Gasteiger partial charge in [0.05, 0.1) is 17.8 Å². The van der Waals surface area contributed by atoms with E-state index in [0.29, 0.717) is 13.1 Å². The van der Waals surface area contributed by atoms with Gasteiger partial charge in [-0.1, -0.05) is 36.4 Å². The highest BCUT2D eigenvalue weighted by Crippen LogP contribution is 2.27. The number of fused-ring (bicyclic) bond motifs is 1. The molecule has 1 amide bonds. The van der Waals surface area contributed by atoms with Crippen molar-refractivity contribution in [1.82, 2.24) is 10.00 Å². The van der Waals surface area contributed by atoms with E-state index in [1.807, 2.05) is 53.4 Å². The molecule has 0 spiro atoms. The molecule has 5 heteroatoms. The van der Waals surface area contributed by atoms with Crippen LogP contribution in [0.15, 0.2) is 60.7 Å². The van der Waals surface area contributed by atoms with Gasteiger partial charge in [0.2, 0.25) is 5.69 Å². The van der Waals surface area contributed by atoms with Crippen LogP contribution in [0.3, 0.4) is 0 Å². The van der Waals surface area contributed by atoms with Crippen LogP contribution in [0.1, 0.15) is 18.2 Å². The lowest BCUT2D eigenvalue weighted by Gasteiger charge is -2.26. The van der Waals surface area contributed by atoms with Crippen molar-refractivity contribution in [2.75, 3.05) is 13.2 Å². The molecule has 3 aromatic rings. The molecule has 0 bridgehead atoms. The van der Waals surface area contributed by atoms with Crippen molar-refractivity contribution in [3.8, 4) is 17.0 Å². The Morgan fingerprint density at radius 3 is 2.52 bits per heavy atom. The van der Waals surface area contributed by atoms with Gasteiger partial charge in [0, 0.05) is 18.5 Å². The number of rotatable bonds is 5. The van der Waals surface area contributed by atoms with Gasteiger partial charge in [-0.3, -0.25) is 4.79 Å². The molecule has 1 aromatic heterocycles. The minimum absolute atomic E-state index is 0.0211. The van der Waals surface area contributed by atoms with Crippen LogP contribution >= 0.6 is 0 Å². The van der Waals surface area contributed by atoms with Crippen LogP contribution in [-0.2, 0) is 24.3 Å². The van der Waals surface area contributed by atoms with Gasteiger partial charge in [-0.2, -0.15) is 5.10 Å². The number of ether oxygens (including phenoxy) is 1. The number of benzene rings is 2. The number of aromatic amines is 1. The van der Waals surface area contributed by atoms with Crippen molar-refractivity contribution >= 4 is 5.91 Å². The monoisotopic (exact) mass is 362 g/mol. The first-order valence-electron chi connectivity index (χ1n) is 9.41. The van der Waals surface area contributed by atoms with Crippen LogP contribution in [0.4, 0.5) is 0 Å². The molecule has 1 N–H and O–H groups in total. The van der Waals surface area contributed by atoms with Crippen molar-refractivity contribution < 1.29 is 14.2 Å². The Morgan fingerprint density at radius 1 is 1.11 bits per heavy atom. The van der Waals surface area contributed by atoms with Gasteiger partial charge in [0.15, 0.2) is 13.2 Å². The van der Waals surface area contributed by atoms with Crippen LogP contribution in [0.2, 0.25) is 0 Å². The lowest BCUT2D eigenvalue weighted by atomic mass is 10.0. The van der Waals surface area contributed by atoms with E-state index >= 15 is 0 Å². The standard InChI is InChI=1S/C22H23N3O2/c1-2-25-22(17-9-5-3-6-10-17)19-15-24(14-13-20(19)23-25)21(26)16-27-18-11-7-4-8-12-18/h3-12H,2,13-16H2,1H3/p+1. The van der Waals surface area contributed by atoms with Gasteiger partial charge < -0.3 is 9.64 Å². The molecular weight excluding hydrogens is 338 g/mol. The second-order valence-corrected chi connectivity index (χ2v) is 6.69. The average molecular weight is 362 g/mol. The number of H-pyrrole nitrogens is 1. The number of hydrogen-bond donors (Lipinski definition) is 1. The maximum absolute atomic E-state index is 12.7. The summed E-state index contributed by atoms with van der Waals surface area (Å²) in [5.74, 6) is 0.742. The molecule has 0 aliphatic carbocycles. The largest absolute Gasteiger partial charge is 0.484 e. The van der Waals surface area contributed by atoms with Gasteiger partial charge >= 0.3 is 0 Å². The van der Waals surface area contributed by atoms with Gasteiger partial charge in [-0.05, 0) is 31.2 Å². The van der Waals surface area contributed by atoms with Crippen molar-refractivity contribution in [3.63, 3.8) is 0 Å². The molecule has 138 valence electrons. The minimum atomic E-state index is 0.0211. The normalized spacial score (nSPS) is 13.3. The van der Waals surface area contributed by atoms with E-state index in [4.69, 9.17) is 4.74 Å². The van der Waals surface area contributed by atoms with Gasteiger partial charge in [0.1, 0.15) is 5.75 Å². The Morgan fingerprint density at radius 2 is 1.81 bits per heavy atom. The van der Waals surface area contributed by atoms with E-state index < -0.39 is 0 Å². The first-order chi connectivity index (χ1) is 13.3. The number of amides is 1. The molecule has 0 saturated carbocycles. The molecule has 0 atom stereocenters. The Balaban J connectivity index is 1.54. The summed E-state index contributed by atoms with van der Waals surface area (Å²) in [5, 5.41) is 3.52. The summed E-state index contributed by atoms with van der Waals surface area (Å²) < 4.78 is 7.82. The number of carbonyl (C=O) groups excluding carboxylic acids is 1. The minimum Gasteiger partial charge on any atom is -0.484 e. The average Bonchev–Trinajstić information content (AvgIpc) is 3.11. The van der Waals surface area contributed by atoms with E-state index in [0.717, 1.165) is 18.7 Å². The van der Waals surface area contributed by atoms with Crippen LogP contribution in [0.5, 0.6) is 5.75 Å². The third kappa shape index (κ3) is 3.58. The molecule has 1 aliphatic heterocycles. The van der Waals surface area contributed by atoms with Crippen LogP contribution in [-0.4, -0.2) is 29.1 Å². The molecule has 27 heavy (non-hydrogen) atoms. The predicted molar refractivity (Wildman–Crippen MR) is 103 cm³/mol. The first-order valence-corrected chi connectivity index (χ1v) is 9.41. The zero-order chi connectivity index (χ0) is 18.6. The second kappa shape index (κ2) is 7.66. The predicted octanol–water partition coefficient (Wildman–Crippen LogP) is 2.95. The fourth-order valence-corrected chi connectivity index (χ4v) is 3.62. The molecule has 0 fully saturated rings. The summed E-state index contributed by atoms with van der Waals surface area (Å²) in [6, 6.07) is 19.8. The SMILES string of the molecule is CC[n+]1[nH]c2c(c1-c1ccccc1)CN(C(=O)COc1ccccc1)CC2. The summed E-state index contributed by atoms with van der Waals surface area (Å²) in [6.07, 6.45) is 0.833. The Kier molecular flexibility index (Phi) is 4.92. The van der Waals surface area contributed by atoms with Crippen molar-refractivity contribution in [3.05, 3.63) is 71.9 Å². The third-order valence-corrected chi connectivity index (χ3v) is 4.99. The number of carbonyl (C=O) groups is 1. The van der Waals surface area contributed by atoms with Crippen molar-refractivity contribution in [1.29, 1.82) is 0 Å². The van der Waals surface area contributed by atoms with E-state index in [1.165, 1.54) is 22.5 Å². The fourth-order valence-electron chi connectivity index (χ4n) is 3.62. The number of para-hydroxylation sites is 1. The maximum atomic E-state index is 12.7. The van der Waals surface area contributed by atoms with Gasteiger partial charge in [-0.15, -0.1) is 4.68 Å². The van der Waals surface area contributed by atoms with Crippen LogP contribution in [0, 0.1) is 0 Å². The highest BCUT2D eigenvalue weighted by molar-refractivity contribution is 5.78. The highest BCUT2D eigenvalue weighted by Gasteiger charge is 2.31. The maximum Gasteiger partial charge on any atom is 0.260 e.